The number of pyridine rings is 2. The molecule has 13 rings (SSSR count). The number of fused-ring (bicyclic) bond motifs is 5. The van der Waals surface area contributed by atoms with Crippen molar-refractivity contribution >= 4 is 21.9 Å². The first kappa shape index (κ1) is 40.0. The Balaban J connectivity index is 0.865. The Hall–Kier alpha value is -9.27. The molecule has 8 heteroatoms. The van der Waals surface area contributed by atoms with Crippen molar-refractivity contribution in [3.05, 3.63) is 225 Å². The summed E-state index contributed by atoms with van der Waals surface area (Å²) in [6, 6.07) is 60.4. The maximum absolute atomic E-state index is 6.89. The van der Waals surface area contributed by atoms with Crippen LogP contribution >= 0.6 is 0 Å². The van der Waals surface area contributed by atoms with Crippen molar-refractivity contribution in [2.24, 2.45) is 0 Å². The Labute approximate surface area is 397 Å². The molecule has 11 aromatic rings. The van der Waals surface area contributed by atoms with Gasteiger partial charge in [0.25, 0.3) is 0 Å². The molecule has 2 atom stereocenters. The van der Waals surface area contributed by atoms with Crippen LogP contribution in [0.1, 0.15) is 0 Å². The number of hydrogen-bond acceptors (Lipinski definition) is 8. The molecule has 326 valence electrons. The molecule has 2 aliphatic rings. The third-order valence-corrected chi connectivity index (χ3v) is 12.9. The minimum absolute atomic E-state index is 0.301. The number of para-hydroxylation sites is 1. The van der Waals surface area contributed by atoms with Gasteiger partial charge in [-0.15, -0.1) is 0 Å². The lowest BCUT2D eigenvalue weighted by molar-refractivity contribution is 0.0769. The average Bonchev–Trinajstić information content (AvgIpc) is 3.81. The van der Waals surface area contributed by atoms with E-state index < -0.39 is 0 Å². The highest BCUT2D eigenvalue weighted by molar-refractivity contribution is 6.06. The van der Waals surface area contributed by atoms with E-state index in [4.69, 9.17) is 28.8 Å². The molecular formula is C61H39N5O3. The molecule has 69 heavy (non-hydrogen) atoms. The zero-order valence-electron chi connectivity index (χ0n) is 37.0. The smallest absolute Gasteiger partial charge is 0.174 e. The van der Waals surface area contributed by atoms with Crippen LogP contribution in [0, 0.1) is 0 Å². The molecule has 0 spiro atoms. The molecule has 1 aliphatic carbocycles. The van der Waals surface area contributed by atoms with Crippen LogP contribution in [0.4, 0.5) is 0 Å². The highest BCUT2D eigenvalue weighted by Crippen LogP contribution is 2.49. The summed E-state index contributed by atoms with van der Waals surface area (Å²) in [6.07, 6.45) is 14.8. The number of benzene rings is 7. The molecule has 1 aliphatic heterocycles. The van der Waals surface area contributed by atoms with Crippen LogP contribution in [0.2, 0.25) is 0 Å². The summed E-state index contributed by atoms with van der Waals surface area (Å²) < 4.78 is 19.9. The number of nitrogens with zero attached hydrogens (tertiary/aromatic N) is 5. The van der Waals surface area contributed by atoms with Crippen LogP contribution < -0.4 is 9.47 Å². The highest BCUT2D eigenvalue weighted by atomic mass is 16.6. The SMILES string of the molecule is C1=CC2Oc3c(-c4ccc(-c5ccc(-c6cc(-c7cccnc7)cc(-c7cccnc7)c6)cc5)cc4)ccc(-c4nc(-c5ccccc5)nc(-c5ccc6oc7ccccc7c6c5)n4)c3OC2C=C1. The maximum atomic E-state index is 6.89. The number of aromatic nitrogens is 5. The lowest BCUT2D eigenvalue weighted by atomic mass is 9.93. The summed E-state index contributed by atoms with van der Waals surface area (Å²) in [7, 11) is 0. The zero-order valence-corrected chi connectivity index (χ0v) is 37.0. The first-order chi connectivity index (χ1) is 34.1. The lowest BCUT2D eigenvalue weighted by Gasteiger charge is -2.34. The first-order valence-electron chi connectivity index (χ1n) is 22.9. The Bertz CT molecular complexity index is 3720. The van der Waals surface area contributed by atoms with Gasteiger partial charge in [0.2, 0.25) is 0 Å². The van der Waals surface area contributed by atoms with E-state index in [1.807, 2.05) is 116 Å². The van der Waals surface area contributed by atoms with Gasteiger partial charge in [0.15, 0.2) is 41.2 Å². The summed E-state index contributed by atoms with van der Waals surface area (Å²) >= 11 is 0. The van der Waals surface area contributed by atoms with E-state index >= 15 is 0 Å². The number of rotatable bonds is 8. The first-order valence-corrected chi connectivity index (χ1v) is 22.9. The van der Waals surface area contributed by atoms with E-state index in [0.717, 1.165) is 88.7 Å². The molecule has 0 bridgehead atoms. The third-order valence-electron chi connectivity index (χ3n) is 12.9. The van der Waals surface area contributed by atoms with Crippen molar-refractivity contribution in [2.45, 2.75) is 12.2 Å². The Morgan fingerprint density at radius 3 is 1.46 bits per heavy atom. The molecule has 0 radical (unpaired) electrons. The molecule has 8 nitrogen and oxygen atoms in total. The topological polar surface area (TPSA) is 96.1 Å². The number of ether oxygens (including phenoxy) is 2. The normalized spacial score (nSPS) is 14.8. The summed E-state index contributed by atoms with van der Waals surface area (Å²) in [6.45, 7) is 0. The molecule has 4 aromatic heterocycles. The van der Waals surface area contributed by atoms with Crippen molar-refractivity contribution in [3.8, 4) is 101 Å². The van der Waals surface area contributed by atoms with Crippen molar-refractivity contribution in [1.29, 1.82) is 0 Å². The second-order valence-electron chi connectivity index (χ2n) is 17.2. The molecule has 5 heterocycles. The van der Waals surface area contributed by atoms with E-state index in [1.54, 1.807) is 12.4 Å². The second kappa shape index (κ2) is 16.9. The van der Waals surface area contributed by atoms with E-state index in [0.29, 0.717) is 34.5 Å². The number of allylic oxidation sites excluding steroid dienone is 2. The fourth-order valence-corrected chi connectivity index (χ4v) is 9.35. The fraction of sp³-hybridized carbons (Fsp3) is 0.0328. The van der Waals surface area contributed by atoms with Gasteiger partial charge in [-0.3, -0.25) is 9.97 Å². The van der Waals surface area contributed by atoms with Crippen LogP contribution in [0.3, 0.4) is 0 Å². The standard InChI is InChI=1S/C61H39N5O3/c1-2-10-42(11-3-1)59-64-60(43-26-29-54-52(35-43)50-14-4-5-15-53(50)67-54)66-61(65-59)51-28-27-49(57-58(51)69-56-17-7-6-16-55(56)68-57)41-24-22-39(23-25-41)38-18-20-40(21-19-38)46-32-47(44-12-8-30-62-36-44)34-48(33-46)45-13-9-31-63-37-45/h1-37,55-56H. The lowest BCUT2D eigenvalue weighted by Crippen LogP contribution is -2.38. The van der Waals surface area contributed by atoms with E-state index in [9.17, 15) is 0 Å². The van der Waals surface area contributed by atoms with Crippen molar-refractivity contribution in [3.63, 3.8) is 0 Å². The van der Waals surface area contributed by atoms with Crippen molar-refractivity contribution in [1.82, 2.24) is 24.9 Å². The van der Waals surface area contributed by atoms with Crippen molar-refractivity contribution in [2.75, 3.05) is 0 Å². The summed E-state index contributed by atoms with van der Waals surface area (Å²) in [5.41, 5.74) is 14.7. The third kappa shape index (κ3) is 7.50. The van der Waals surface area contributed by atoms with Crippen LogP contribution in [0.25, 0.3) is 112 Å². The van der Waals surface area contributed by atoms with Gasteiger partial charge < -0.3 is 13.9 Å². The van der Waals surface area contributed by atoms with E-state index in [2.05, 4.69) is 107 Å². The average molecular weight is 890 g/mol. The van der Waals surface area contributed by atoms with Crippen LogP contribution in [-0.4, -0.2) is 37.1 Å². The molecular weight excluding hydrogens is 851 g/mol. The summed E-state index contributed by atoms with van der Waals surface area (Å²) in [5, 5.41) is 2.03. The van der Waals surface area contributed by atoms with Gasteiger partial charge >= 0.3 is 0 Å². The number of hydrogen-bond donors (Lipinski definition) is 0. The predicted molar refractivity (Wildman–Crippen MR) is 273 cm³/mol. The zero-order chi connectivity index (χ0) is 45.7. The second-order valence-corrected chi connectivity index (χ2v) is 17.2. The van der Waals surface area contributed by atoms with Crippen LogP contribution in [0.5, 0.6) is 11.5 Å². The van der Waals surface area contributed by atoms with Gasteiger partial charge in [-0.25, -0.2) is 15.0 Å². The number of furan rings is 1. The van der Waals surface area contributed by atoms with Gasteiger partial charge in [0.05, 0.1) is 5.56 Å². The minimum Gasteiger partial charge on any atom is -0.478 e. The monoisotopic (exact) mass is 889 g/mol. The molecule has 2 unspecified atom stereocenters. The summed E-state index contributed by atoms with van der Waals surface area (Å²) in [5.74, 6) is 2.79. The summed E-state index contributed by atoms with van der Waals surface area (Å²) in [4.78, 5) is 24.1. The molecule has 0 saturated heterocycles. The van der Waals surface area contributed by atoms with Crippen molar-refractivity contribution < 1.29 is 13.9 Å². The Kier molecular flexibility index (Phi) is 9.79. The molecule has 0 saturated carbocycles. The Morgan fingerprint density at radius 1 is 0.333 bits per heavy atom. The van der Waals surface area contributed by atoms with Gasteiger partial charge in [-0.05, 0) is 118 Å². The minimum atomic E-state index is -0.326. The molecule has 0 fully saturated rings. The highest BCUT2D eigenvalue weighted by Gasteiger charge is 2.34. The molecule has 0 amide bonds. The maximum Gasteiger partial charge on any atom is 0.174 e. The van der Waals surface area contributed by atoms with Gasteiger partial charge in [0.1, 0.15) is 11.2 Å². The molecule has 7 aromatic carbocycles. The quantitative estimate of drug-likeness (QED) is 0.149. The van der Waals surface area contributed by atoms with E-state index in [1.165, 1.54) is 0 Å². The van der Waals surface area contributed by atoms with E-state index in [-0.39, 0.29) is 12.2 Å². The van der Waals surface area contributed by atoms with Gasteiger partial charge in [-0.2, -0.15) is 0 Å². The molecule has 0 N–H and O–H groups in total. The fourth-order valence-electron chi connectivity index (χ4n) is 9.35. The van der Waals surface area contributed by atoms with Gasteiger partial charge in [-0.1, -0.05) is 121 Å². The van der Waals surface area contributed by atoms with Crippen LogP contribution in [-0.2, 0) is 0 Å². The largest absolute Gasteiger partial charge is 0.478 e. The van der Waals surface area contributed by atoms with Crippen LogP contribution in [0.15, 0.2) is 229 Å². The predicted octanol–water partition coefficient (Wildman–Crippen LogP) is 14.5. The van der Waals surface area contributed by atoms with Gasteiger partial charge in [0, 0.05) is 63.4 Å². The Morgan fingerprint density at radius 2 is 0.826 bits per heavy atom.